The maximum absolute atomic E-state index is 13.8. The van der Waals surface area contributed by atoms with Gasteiger partial charge < -0.3 is 14.8 Å². The Bertz CT molecular complexity index is 1700. The van der Waals surface area contributed by atoms with Crippen LogP contribution in [-0.4, -0.2) is 23.7 Å². The molecule has 39 heavy (non-hydrogen) atoms. The zero-order valence-corrected chi connectivity index (χ0v) is 23.0. The molecule has 0 aliphatic carbocycles. The third kappa shape index (κ3) is 5.56. The van der Waals surface area contributed by atoms with E-state index in [2.05, 4.69) is 5.32 Å². The Morgan fingerprint density at radius 1 is 1.00 bits per heavy atom. The number of hydrogen-bond donors (Lipinski definition) is 1. The van der Waals surface area contributed by atoms with Crippen molar-refractivity contribution in [3.8, 4) is 11.5 Å². The number of aromatic nitrogens is 1. The molecule has 0 bridgehead atoms. The molecule has 4 aromatic rings. The number of thiazole rings is 1. The summed E-state index contributed by atoms with van der Waals surface area (Å²) < 4.78 is 13.2. The number of rotatable bonds is 7. The lowest BCUT2D eigenvalue weighted by atomic mass is 9.95. The number of nitrogens with one attached hydrogen (secondary N) is 1. The van der Waals surface area contributed by atoms with Crippen LogP contribution < -0.4 is 29.7 Å². The van der Waals surface area contributed by atoms with Crippen LogP contribution in [0.15, 0.2) is 99.9 Å². The number of amides is 1. The van der Waals surface area contributed by atoms with Gasteiger partial charge in [0.15, 0.2) is 4.80 Å². The van der Waals surface area contributed by atoms with E-state index < -0.39 is 6.04 Å². The van der Waals surface area contributed by atoms with Crippen LogP contribution in [0.5, 0.6) is 11.5 Å². The number of methoxy groups -OCH3 is 1. The molecule has 7 nitrogen and oxygen atoms in total. The Labute approximate surface area is 230 Å². The van der Waals surface area contributed by atoms with Crippen molar-refractivity contribution in [1.82, 2.24) is 4.57 Å². The van der Waals surface area contributed by atoms with Gasteiger partial charge in [0.05, 0.1) is 35.1 Å². The molecule has 1 N–H and O–H groups in total. The summed E-state index contributed by atoms with van der Waals surface area (Å²) in [6, 6.07) is 23.6. The van der Waals surface area contributed by atoms with Crippen molar-refractivity contribution in [1.29, 1.82) is 0 Å². The van der Waals surface area contributed by atoms with Crippen molar-refractivity contribution < 1.29 is 14.3 Å². The molecule has 2 heterocycles. The van der Waals surface area contributed by atoms with Crippen molar-refractivity contribution in [3.05, 3.63) is 121 Å². The number of carbonyl (C=O) groups is 1. The molecule has 5 rings (SSSR count). The number of benzene rings is 3. The van der Waals surface area contributed by atoms with Gasteiger partial charge in [0.2, 0.25) is 0 Å². The SMILES string of the molecule is COc1ccc([C@H]2C(C(=O)Nc3ccccc3)=C(C)N=c3s/c(=C/c4ccc(OC(C)C)cc4)c(=O)n32)cc1. The molecule has 0 unspecified atom stereocenters. The van der Waals surface area contributed by atoms with Crippen LogP contribution in [0.4, 0.5) is 5.69 Å². The van der Waals surface area contributed by atoms with Crippen molar-refractivity contribution in [3.63, 3.8) is 0 Å². The zero-order chi connectivity index (χ0) is 27.5. The molecule has 0 saturated heterocycles. The number of fused-ring (bicyclic) bond motifs is 1. The molecule has 1 atom stereocenters. The summed E-state index contributed by atoms with van der Waals surface area (Å²) in [4.78, 5) is 32.7. The predicted molar refractivity (Wildman–Crippen MR) is 154 cm³/mol. The fourth-order valence-corrected chi connectivity index (χ4v) is 5.55. The van der Waals surface area contributed by atoms with Gasteiger partial charge in [-0.05, 0) is 74.4 Å². The van der Waals surface area contributed by atoms with E-state index in [1.54, 1.807) is 18.6 Å². The van der Waals surface area contributed by atoms with E-state index in [9.17, 15) is 9.59 Å². The van der Waals surface area contributed by atoms with Crippen LogP contribution >= 0.6 is 11.3 Å². The molecule has 198 valence electrons. The van der Waals surface area contributed by atoms with Crippen molar-refractivity contribution in [2.24, 2.45) is 4.99 Å². The zero-order valence-electron chi connectivity index (χ0n) is 22.2. The Balaban J connectivity index is 1.61. The molecule has 0 fully saturated rings. The number of ether oxygens (including phenoxy) is 2. The maximum Gasteiger partial charge on any atom is 0.271 e. The van der Waals surface area contributed by atoms with Crippen LogP contribution in [0.1, 0.15) is 37.9 Å². The van der Waals surface area contributed by atoms with E-state index in [1.807, 2.05) is 98.8 Å². The number of allylic oxidation sites excluding steroid dienone is 1. The molecule has 8 heteroatoms. The first-order valence-corrected chi connectivity index (χ1v) is 13.5. The summed E-state index contributed by atoms with van der Waals surface area (Å²) in [5, 5.41) is 2.97. The lowest BCUT2D eigenvalue weighted by molar-refractivity contribution is -0.113. The minimum atomic E-state index is -0.653. The van der Waals surface area contributed by atoms with Gasteiger partial charge in [0.25, 0.3) is 11.5 Å². The summed E-state index contributed by atoms with van der Waals surface area (Å²) in [5.74, 6) is 1.15. The second kappa shape index (κ2) is 11.1. The van der Waals surface area contributed by atoms with Gasteiger partial charge in [-0.1, -0.05) is 53.8 Å². The normalized spacial score (nSPS) is 15.1. The van der Waals surface area contributed by atoms with Gasteiger partial charge in [-0.15, -0.1) is 0 Å². The van der Waals surface area contributed by atoms with Crippen LogP contribution in [0, 0.1) is 0 Å². The smallest absolute Gasteiger partial charge is 0.271 e. The highest BCUT2D eigenvalue weighted by molar-refractivity contribution is 7.07. The van der Waals surface area contributed by atoms with E-state index in [0.29, 0.717) is 32.0 Å². The van der Waals surface area contributed by atoms with Gasteiger partial charge in [-0.25, -0.2) is 4.99 Å². The molecule has 1 aliphatic heterocycles. The fraction of sp³-hybridized carbons (Fsp3) is 0.194. The number of anilines is 1. The number of hydrogen-bond acceptors (Lipinski definition) is 6. The van der Waals surface area contributed by atoms with E-state index in [-0.39, 0.29) is 17.6 Å². The Hall–Kier alpha value is -4.43. The Morgan fingerprint density at radius 3 is 2.31 bits per heavy atom. The monoisotopic (exact) mass is 539 g/mol. The van der Waals surface area contributed by atoms with Crippen LogP contribution in [0.2, 0.25) is 0 Å². The van der Waals surface area contributed by atoms with Crippen molar-refractivity contribution in [2.75, 3.05) is 12.4 Å². The van der Waals surface area contributed by atoms with E-state index in [4.69, 9.17) is 14.5 Å². The highest BCUT2D eigenvalue weighted by Gasteiger charge is 2.32. The molecule has 3 aromatic carbocycles. The summed E-state index contributed by atoms with van der Waals surface area (Å²) >= 11 is 1.31. The lowest BCUT2D eigenvalue weighted by Gasteiger charge is -2.25. The van der Waals surface area contributed by atoms with Gasteiger partial charge in [-0.2, -0.15) is 0 Å². The predicted octanol–water partition coefficient (Wildman–Crippen LogP) is 4.67. The second-order valence-electron chi connectivity index (χ2n) is 9.41. The standard InChI is InChI=1S/C31H29N3O4S/c1-19(2)38-25-14-10-21(11-15-25)18-26-30(36)34-28(22-12-16-24(37-4)17-13-22)27(20(3)32-31(34)39-26)29(35)33-23-8-6-5-7-9-23/h5-19,28H,1-4H3,(H,33,35)/b26-18+/t28-/m0/s1. The van der Waals surface area contributed by atoms with E-state index in [0.717, 1.165) is 16.9 Å². The molecule has 1 amide bonds. The number of nitrogens with zero attached hydrogens (tertiary/aromatic N) is 2. The third-order valence-electron chi connectivity index (χ3n) is 6.28. The Kier molecular flexibility index (Phi) is 7.47. The molecular weight excluding hydrogens is 510 g/mol. The molecule has 0 radical (unpaired) electrons. The Morgan fingerprint density at radius 2 is 1.67 bits per heavy atom. The molecule has 1 aromatic heterocycles. The fourth-order valence-electron chi connectivity index (χ4n) is 4.50. The van der Waals surface area contributed by atoms with Gasteiger partial charge in [0, 0.05) is 5.69 Å². The first kappa shape index (κ1) is 26.2. The highest BCUT2D eigenvalue weighted by Crippen LogP contribution is 2.31. The van der Waals surface area contributed by atoms with E-state index >= 15 is 0 Å². The molecule has 0 spiro atoms. The van der Waals surface area contributed by atoms with Crippen molar-refractivity contribution in [2.45, 2.75) is 32.9 Å². The first-order valence-electron chi connectivity index (χ1n) is 12.6. The van der Waals surface area contributed by atoms with E-state index in [1.165, 1.54) is 11.3 Å². The largest absolute Gasteiger partial charge is 0.497 e. The van der Waals surface area contributed by atoms with Crippen LogP contribution in [0.25, 0.3) is 6.08 Å². The van der Waals surface area contributed by atoms with Gasteiger partial charge >= 0.3 is 0 Å². The lowest BCUT2D eigenvalue weighted by Crippen LogP contribution is -2.40. The average Bonchev–Trinajstić information content (AvgIpc) is 3.23. The highest BCUT2D eigenvalue weighted by atomic mass is 32.1. The summed E-state index contributed by atoms with van der Waals surface area (Å²) in [6.07, 6.45) is 1.92. The minimum Gasteiger partial charge on any atom is -0.497 e. The molecule has 0 saturated carbocycles. The van der Waals surface area contributed by atoms with Gasteiger partial charge in [-0.3, -0.25) is 14.2 Å². The molecular formula is C31H29N3O4S. The summed E-state index contributed by atoms with van der Waals surface area (Å²) in [5.41, 5.74) is 3.09. The molecule has 1 aliphatic rings. The summed E-state index contributed by atoms with van der Waals surface area (Å²) in [7, 11) is 1.60. The number of carbonyl (C=O) groups excluding carboxylic acids is 1. The van der Waals surface area contributed by atoms with Gasteiger partial charge in [0.1, 0.15) is 11.5 Å². The van der Waals surface area contributed by atoms with Crippen molar-refractivity contribution >= 4 is 29.0 Å². The second-order valence-corrected chi connectivity index (χ2v) is 10.4. The first-order chi connectivity index (χ1) is 18.8. The summed E-state index contributed by atoms with van der Waals surface area (Å²) in [6.45, 7) is 5.76. The maximum atomic E-state index is 13.8. The third-order valence-corrected chi connectivity index (χ3v) is 7.26. The number of para-hydroxylation sites is 1. The quantitative estimate of drug-likeness (QED) is 0.370. The van der Waals surface area contributed by atoms with Crippen LogP contribution in [-0.2, 0) is 4.79 Å². The topological polar surface area (TPSA) is 81.9 Å². The van der Waals surface area contributed by atoms with Crippen LogP contribution in [0.3, 0.4) is 0 Å². The minimum absolute atomic E-state index is 0.0778. The average molecular weight is 540 g/mol.